The van der Waals surface area contributed by atoms with Crippen LogP contribution < -0.4 is 11.1 Å². The lowest BCUT2D eigenvalue weighted by Crippen LogP contribution is -2.25. The lowest BCUT2D eigenvalue weighted by atomic mass is 9.92. The van der Waals surface area contributed by atoms with Gasteiger partial charge in [-0.25, -0.2) is 4.79 Å². The molecule has 0 radical (unpaired) electrons. The average molecular weight is 394 g/mol. The summed E-state index contributed by atoms with van der Waals surface area (Å²) < 4.78 is 6.52. The summed E-state index contributed by atoms with van der Waals surface area (Å²) in [5.74, 6) is -0.568. The SMILES string of the molecule is CC(=O)c1ccc2c(c1)oc(=O)n2CC(=O)Nc1c(C(C)C)cccc1C(C)C. The lowest BCUT2D eigenvalue weighted by Gasteiger charge is -2.20. The third kappa shape index (κ3) is 4.16. The Balaban J connectivity index is 1.94. The first kappa shape index (κ1) is 20.6. The molecule has 1 heterocycles. The summed E-state index contributed by atoms with van der Waals surface area (Å²) in [7, 11) is 0. The molecule has 0 spiro atoms. The Morgan fingerprint density at radius 2 is 1.66 bits per heavy atom. The molecule has 3 aromatic rings. The second kappa shape index (κ2) is 8.07. The Morgan fingerprint density at radius 1 is 1.03 bits per heavy atom. The molecule has 0 aliphatic rings. The van der Waals surface area contributed by atoms with Crippen molar-refractivity contribution in [3.05, 3.63) is 63.6 Å². The number of nitrogens with zero attached hydrogens (tertiary/aromatic N) is 1. The van der Waals surface area contributed by atoms with E-state index in [4.69, 9.17) is 4.42 Å². The second-order valence-electron chi connectivity index (χ2n) is 7.86. The number of aromatic nitrogens is 1. The number of rotatable bonds is 6. The van der Waals surface area contributed by atoms with Gasteiger partial charge in [0, 0.05) is 11.3 Å². The molecule has 0 aliphatic heterocycles. The molecule has 0 unspecified atom stereocenters. The molecule has 0 saturated heterocycles. The second-order valence-corrected chi connectivity index (χ2v) is 7.86. The molecule has 152 valence electrons. The van der Waals surface area contributed by atoms with Crippen LogP contribution in [0.1, 0.15) is 67.9 Å². The monoisotopic (exact) mass is 394 g/mol. The molecule has 6 nitrogen and oxygen atoms in total. The van der Waals surface area contributed by atoms with E-state index < -0.39 is 5.76 Å². The Morgan fingerprint density at radius 3 is 2.21 bits per heavy atom. The number of Topliss-reactive ketones (excluding diaryl/α,β-unsaturated/α-hetero) is 1. The third-order valence-electron chi connectivity index (χ3n) is 5.01. The van der Waals surface area contributed by atoms with Crippen molar-refractivity contribution in [2.75, 3.05) is 5.32 Å². The largest absolute Gasteiger partial charge is 0.420 e. The van der Waals surface area contributed by atoms with Crippen molar-refractivity contribution in [1.29, 1.82) is 0 Å². The van der Waals surface area contributed by atoms with Crippen LogP contribution in [0.3, 0.4) is 0 Å². The molecule has 1 aromatic heterocycles. The standard InChI is InChI=1S/C23H26N2O4/c1-13(2)17-7-6-8-18(14(3)4)22(17)24-21(27)12-25-19-10-9-16(15(5)26)11-20(19)29-23(25)28/h6-11,13-14H,12H2,1-5H3,(H,24,27). The molecule has 1 N–H and O–H groups in total. The number of hydrogen-bond acceptors (Lipinski definition) is 4. The zero-order chi connectivity index (χ0) is 21.3. The fourth-order valence-electron chi connectivity index (χ4n) is 3.45. The van der Waals surface area contributed by atoms with Crippen LogP contribution in [0.2, 0.25) is 0 Å². The number of benzene rings is 2. The van der Waals surface area contributed by atoms with E-state index in [-0.39, 0.29) is 30.1 Å². The first-order chi connectivity index (χ1) is 13.7. The van der Waals surface area contributed by atoms with Crippen LogP contribution in [0.5, 0.6) is 0 Å². The van der Waals surface area contributed by atoms with Gasteiger partial charge in [-0.05, 0) is 48.1 Å². The Labute approximate surface area is 169 Å². The molecular formula is C23H26N2O4. The minimum Gasteiger partial charge on any atom is -0.408 e. The maximum atomic E-state index is 12.8. The van der Waals surface area contributed by atoms with Gasteiger partial charge in [-0.3, -0.25) is 14.2 Å². The number of nitrogens with one attached hydrogen (secondary N) is 1. The molecular weight excluding hydrogens is 368 g/mol. The highest BCUT2D eigenvalue weighted by Gasteiger charge is 2.18. The first-order valence-electron chi connectivity index (χ1n) is 9.76. The molecule has 0 fully saturated rings. The van der Waals surface area contributed by atoms with Crippen molar-refractivity contribution < 1.29 is 14.0 Å². The van der Waals surface area contributed by atoms with Gasteiger partial charge in [-0.2, -0.15) is 0 Å². The molecule has 0 saturated carbocycles. The summed E-state index contributed by atoms with van der Waals surface area (Å²) in [4.78, 5) is 36.7. The maximum Gasteiger partial charge on any atom is 0.420 e. The highest BCUT2D eigenvalue weighted by atomic mass is 16.4. The van der Waals surface area contributed by atoms with E-state index in [9.17, 15) is 14.4 Å². The zero-order valence-electron chi connectivity index (χ0n) is 17.4. The topological polar surface area (TPSA) is 81.3 Å². The molecule has 3 rings (SSSR count). The summed E-state index contributed by atoms with van der Waals surface area (Å²) in [5, 5.41) is 3.01. The zero-order valence-corrected chi connectivity index (χ0v) is 17.4. The van der Waals surface area contributed by atoms with Crippen LogP contribution in [0, 0.1) is 0 Å². The molecule has 29 heavy (non-hydrogen) atoms. The number of fused-ring (bicyclic) bond motifs is 1. The molecule has 6 heteroatoms. The molecule has 0 aliphatic carbocycles. The highest BCUT2D eigenvalue weighted by molar-refractivity contribution is 5.97. The smallest absolute Gasteiger partial charge is 0.408 e. The number of carbonyl (C=O) groups is 2. The van der Waals surface area contributed by atoms with Crippen LogP contribution >= 0.6 is 0 Å². The van der Waals surface area contributed by atoms with Crippen LogP contribution in [0.15, 0.2) is 45.6 Å². The van der Waals surface area contributed by atoms with Gasteiger partial charge in [0.1, 0.15) is 6.54 Å². The van der Waals surface area contributed by atoms with Crippen molar-refractivity contribution in [2.24, 2.45) is 0 Å². The van der Waals surface area contributed by atoms with E-state index in [1.54, 1.807) is 12.1 Å². The molecule has 2 aromatic carbocycles. The van der Waals surface area contributed by atoms with Gasteiger partial charge in [-0.1, -0.05) is 45.9 Å². The fraction of sp³-hybridized carbons (Fsp3) is 0.348. The summed E-state index contributed by atoms with van der Waals surface area (Å²) in [6.45, 7) is 9.59. The van der Waals surface area contributed by atoms with Gasteiger partial charge >= 0.3 is 5.76 Å². The lowest BCUT2D eigenvalue weighted by molar-refractivity contribution is -0.116. The van der Waals surface area contributed by atoms with E-state index in [1.165, 1.54) is 17.6 Å². The van der Waals surface area contributed by atoms with E-state index >= 15 is 0 Å². The molecule has 0 atom stereocenters. The van der Waals surface area contributed by atoms with Crippen molar-refractivity contribution in [1.82, 2.24) is 4.57 Å². The number of oxazole rings is 1. The number of amides is 1. The summed E-state index contributed by atoms with van der Waals surface area (Å²) in [5.41, 5.74) is 4.15. The number of carbonyl (C=O) groups excluding carboxylic acids is 2. The maximum absolute atomic E-state index is 12.8. The van der Waals surface area contributed by atoms with Crippen LogP contribution in [-0.4, -0.2) is 16.3 Å². The van der Waals surface area contributed by atoms with Gasteiger partial charge in [-0.15, -0.1) is 0 Å². The average Bonchev–Trinajstić information content (AvgIpc) is 2.95. The number of anilines is 1. The van der Waals surface area contributed by atoms with Gasteiger partial charge in [0.05, 0.1) is 5.52 Å². The third-order valence-corrected chi connectivity index (χ3v) is 5.01. The number of para-hydroxylation sites is 1. The van der Waals surface area contributed by atoms with Gasteiger partial charge in [0.2, 0.25) is 5.91 Å². The molecule has 1 amide bonds. The van der Waals surface area contributed by atoms with E-state index in [2.05, 4.69) is 33.0 Å². The fourth-order valence-corrected chi connectivity index (χ4v) is 3.45. The van der Waals surface area contributed by atoms with E-state index in [0.29, 0.717) is 16.7 Å². The predicted octanol–water partition coefficient (Wildman–Crippen LogP) is 4.68. The molecule has 0 bridgehead atoms. The van der Waals surface area contributed by atoms with Crippen LogP contribution in [-0.2, 0) is 11.3 Å². The Hall–Kier alpha value is -3.15. The Kier molecular flexibility index (Phi) is 5.73. The van der Waals surface area contributed by atoms with Gasteiger partial charge in [0.15, 0.2) is 11.4 Å². The van der Waals surface area contributed by atoms with Crippen LogP contribution in [0.25, 0.3) is 11.1 Å². The minimum atomic E-state index is -0.628. The van der Waals surface area contributed by atoms with Crippen molar-refractivity contribution in [2.45, 2.75) is 53.0 Å². The normalized spacial score (nSPS) is 11.4. The highest BCUT2D eigenvalue weighted by Crippen LogP contribution is 2.32. The van der Waals surface area contributed by atoms with Crippen molar-refractivity contribution in [3.8, 4) is 0 Å². The summed E-state index contributed by atoms with van der Waals surface area (Å²) >= 11 is 0. The Bertz CT molecular complexity index is 1110. The van der Waals surface area contributed by atoms with E-state index in [0.717, 1.165) is 16.8 Å². The van der Waals surface area contributed by atoms with Crippen molar-refractivity contribution >= 4 is 28.5 Å². The first-order valence-corrected chi connectivity index (χ1v) is 9.76. The van der Waals surface area contributed by atoms with Gasteiger partial charge < -0.3 is 9.73 Å². The summed E-state index contributed by atoms with van der Waals surface area (Å²) in [6.07, 6.45) is 0. The van der Waals surface area contributed by atoms with Gasteiger partial charge in [0.25, 0.3) is 0 Å². The minimum absolute atomic E-state index is 0.119. The van der Waals surface area contributed by atoms with Crippen LogP contribution in [0.4, 0.5) is 5.69 Å². The number of hydrogen-bond donors (Lipinski definition) is 1. The summed E-state index contributed by atoms with van der Waals surface area (Å²) in [6, 6.07) is 10.8. The number of ketones is 1. The predicted molar refractivity (Wildman–Crippen MR) is 114 cm³/mol. The van der Waals surface area contributed by atoms with E-state index in [1.807, 2.05) is 18.2 Å². The van der Waals surface area contributed by atoms with Crippen molar-refractivity contribution in [3.63, 3.8) is 0 Å². The quantitative estimate of drug-likeness (QED) is 0.615.